The second-order valence-electron chi connectivity index (χ2n) is 6.60. The second-order valence-corrected chi connectivity index (χ2v) is 7.61. The van der Waals surface area contributed by atoms with Gasteiger partial charge in [-0.2, -0.15) is 0 Å². The van der Waals surface area contributed by atoms with E-state index in [9.17, 15) is 4.79 Å². The molecule has 29 heavy (non-hydrogen) atoms. The molecule has 2 aromatic rings. The Hall–Kier alpha value is -2.73. The van der Waals surface area contributed by atoms with Gasteiger partial charge < -0.3 is 9.47 Å². The summed E-state index contributed by atoms with van der Waals surface area (Å²) >= 11 is 1.40. The number of hydrogen-bond acceptors (Lipinski definition) is 5. The van der Waals surface area contributed by atoms with Crippen molar-refractivity contribution in [2.75, 3.05) is 20.3 Å². The van der Waals surface area contributed by atoms with Crippen LogP contribution in [-0.4, -0.2) is 36.2 Å². The van der Waals surface area contributed by atoms with E-state index >= 15 is 0 Å². The number of amides is 1. The number of aliphatic imine (C=N–C) groups is 1. The fourth-order valence-electron chi connectivity index (χ4n) is 2.92. The number of hydrogen-bond donors (Lipinski definition) is 0. The lowest BCUT2D eigenvalue weighted by Gasteiger charge is -2.12. The molecule has 6 heteroatoms. The topological polar surface area (TPSA) is 51.1 Å². The van der Waals surface area contributed by atoms with E-state index in [-0.39, 0.29) is 5.91 Å². The van der Waals surface area contributed by atoms with Gasteiger partial charge in [0.05, 0.1) is 24.3 Å². The first-order chi connectivity index (χ1) is 14.1. The highest BCUT2D eigenvalue weighted by Crippen LogP contribution is 2.36. The minimum Gasteiger partial charge on any atom is -0.493 e. The van der Waals surface area contributed by atoms with Crippen LogP contribution < -0.4 is 9.47 Å². The van der Waals surface area contributed by atoms with E-state index in [1.165, 1.54) is 11.8 Å². The van der Waals surface area contributed by atoms with Crippen LogP contribution in [0.5, 0.6) is 11.5 Å². The van der Waals surface area contributed by atoms with E-state index in [1.807, 2.05) is 62.4 Å². The molecule has 1 saturated heterocycles. The number of likely N-dealkylation sites (N-methyl/N-ethyl adjacent to an activating group) is 1. The third kappa shape index (κ3) is 4.82. The van der Waals surface area contributed by atoms with E-state index in [0.29, 0.717) is 34.7 Å². The smallest absolute Gasteiger partial charge is 0.266 e. The average Bonchev–Trinajstić information content (AvgIpc) is 3.02. The lowest BCUT2D eigenvalue weighted by molar-refractivity contribution is -0.122. The van der Waals surface area contributed by atoms with Crippen LogP contribution in [0, 0.1) is 6.92 Å². The van der Waals surface area contributed by atoms with Gasteiger partial charge in [-0.05, 0) is 67.4 Å². The molecule has 0 radical (unpaired) electrons. The molecule has 2 aromatic carbocycles. The van der Waals surface area contributed by atoms with Gasteiger partial charge in [-0.15, -0.1) is 0 Å². The van der Waals surface area contributed by atoms with Gasteiger partial charge in [-0.25, -0.2) is 4.99 Å². The lowest BCUT2D eigenvalue weighted by Crippen LogP contribution is -2.28. The Morgan fingerprint density at radius 1 is 1.14 bits per heavy atom. The molecular weight excluding hydrogens is 384 g/mol. The monoisotopic (exact) mass is 410 g/mol. The number of methoxy groups -OCH3 is 1. The number of amidine groups is 1. The van der Waals surface area contributed by atoms with Crippen molar-refractivity contribution in [1.29, 1.82) is 0 Å². The summed E-state index contributed by atoms with van der Waals surface area (Å²) in [6.07, 6.45) is 2.80. The van der Waals surface area contributed by atoms with E-state index < -0.39 is 0 Å². The third-order valence-electron chi connectivity index (χ3n) is 4.48. The Labute approximate surface area is 176 Å². The summed E-state index contributed by atoms with van der Waals surface area (Å²) in [6.45, 7) is 7.24. The van der Waals surface area contributed by atoms with Crippen LogP contribution in [0.25, 0.3) is 6.08 Å². The standard InChI is InChI=1S/C23H26N2O3S/c1-5-13-28-19-12-11-17(14-20(19)27-4)15-21-22(26)25(6-2)23(29-21)24-18-10-8-7-9-16(18)3/h7-12,14-15H,5-6,13H2,1-4H3/b21-15+,24-23?. The minimum absolute atomic E-state index is 0.0323. The van der Waals surface area contributed by atoms with Crippen LogP contribution in [0.3, 0.4) is 0 Å². The van der Waals surface area contributed by atoms with Gasteiger partial charge in [0.2, 0.25) is 0 Å². The summed E-state index contributed by atoms with van der Waals surface area (Å²) in [5.74, 6) is 1.33. The van der Waals surface area contributed by atoms with Crippen molar-refractivity contribution in [2.45, 2.75) is 27.2 Å². The molecule has 1 fully saturated rings. The Kier molecular flexibility index (Phi) is 6.99. The maximum atomic E-state index is 12.9. The summed E-state index contributed by atoms with van der Waals surface area (Å²) in [6, 6.07) is 13.6. The minimum atomic E-state index is -0.0323. The maximum absolute atomic E-state index is 12.9. The molecule has 3 rings (SSSR count). The number of aryl methyl sites for hydroxylation is 1. The zero-order chi connectivity index (χ0) is 20.8. The van der Waals surface area contributed by atoms with Gasteiger partial charge in [-0.3, -0.25) is 9.69 Å². The highest BCUT2D eigenvalue weighted by atomic mass is 32.2. The van der Waals surface area contributed by atoms with Crippen molar-refractivity contribution < 1.29 is 14.3 Å². The van der Waals surface area contributed by atoms with Crippen LogP contribution >= 0.6 is 11.8 Å². The molecule has 0 N–H and O–H groups in total. The van der Waals surface area contributed by atoms with Gasteiger partial charge in [-0.1, -0.05) is 31.2 Å². The molecule has 1 heterocycles. The number of rotatable bonds is 7. The largest absolute Gasteiger partial charge is 0.493 e. The average molecular weight is 411 g/mol. The van der Waals surface area contributed by atoms with Gasteiger partial charge in [0.25, 0.3) is 5.91 Å². The Balaban J connectivity index is 1.90. The second kappa shape index (κ2) is 9.65. The number of benzene rings is 2. The molecule has 1 aliphatic rings. The van der Waals surface area contributed by atoms with Crippen molar-refractivity contribution in [3.05, 3.63) is 58.5 Å². The van der Waals surface area contributed by atoms with E-state index in [0.717, 1.165) is 23.2 Å². The molecule has 1 amide bonds. The van der Waals surface area contributed by atoms with Crippen LogP contribution in [0.4, 0.5) is 5.69 Å². The zero-order valence-electron chi connectivity index (χ0n) is 17.3. The number of carbonyl (C=O) groups excluding carboxylic acids is 1. The quantitative estimate of drug-likeness (QED) is 0.572. The molecule has 0 atom stereocenters. The Morgan fingerprint density at radius 2 is 1.93 bits per heavy atom. The summed E-state index contributed by atoms with van der Waals surface area (Å²) in [7, 11) is 1.62. The van der Waals surface area contributed by atoms with Gasteiger partial charge in [0.15, 0.2) is 16.7 Å². The predicted molar refractivity (Wildman–Crippen MR) is 120 cm³/mol. The maximum Gasteiger partial charge on any atom is 0.266 e. The molecule has 152 valence electrons. The summed E-state index contributed by atoms with van der Waals surface area (Å²) in [4.78, 5) is 20.0. The van der Waals surface area contributed by atoms with Crippen LogP contribution in [0.15, 0.2) is 52.4 Å². The van der Waals surface area contributed by atoms with Crippen LogP contribution in [0.2, 0.25) is 0 Å². The molecule has 0 bridgehead atoms. The van der Waals surface area contributed by atoms with Crippen molar-refractivity contribution >= 4 is 34.6 Å². The van der Waals surface area contributed by atoms with Crippen molar-refractivity contribution in [1.82, 2.24) is 4.90 Å². The predicted octanol–water partition coefficient (Wildman–Crippen LogP) is 5.42. The fourth-order valence-corrected chi connectivity index (χ4v) is 3.97. The molecule has 1 aliphatic heterocycles. The van der Waals surface area contributed by atoms with Gasteiger partial charge >= 0.3 is 0 Å². The van der Waals surface area contributed by atoms with Gasteiger partial charge in [0, 0.05) is 6.54 Å². The van der Waals surface area contributed by atoms with E-state index in [1.54, 1.807) is 12.0 Å². The van der Waals surface area contributed by atoms with Gasteiger partial charge in [0.1, 0.15) is 0 Å². The van der Waals surface area contributed by atoms with Crippen LogP contribution in [0.1, 0.15) is 31.4 Å². The summed E-state index contributed by atoms with van der Waals surface area (Å²) < 4.78 is 11.2. The Bertz CT molecular complexity index is 953. The Morgan fingerprint density at radius 3 is 2.62 bits per heavy atom. The number of ether oxygens (including phenoxy) is 2. The number of para-hydroxylation sites is 1. The van der Waals surface area contributed by atoms with E-state index in [4.69, 9.17) is 14.5 Å². The normalized spacial score (nSPS) is 16.7. The number of nitrogens with zero attached hydrogens (tertiary/aromatic N) is 2. The lowest BCUT2D eigenvalue weighted by atomic mass is 10.2. The number of thioether (sulfide) groups is 1. The molecule has 0 aliphatic carbocycles. The first-order valence-corrected chi connectivity index (χ1v) is 10.6. The highest BCUT2D eigenvalue weighted by Gasteiger charge is 2.32. The summed E-state index contributed by atoms with van der Waals surface area (Å²) in [5.41, 5.74) is 2.84. The highest BCUT2D eigenvalue weighted by molar-refractivity contribution is 8.18. The van der Waals surface area contributed by atoms with E-state index in [2.05, 4.69) is 6.92 Å². The molecule has 0 unspecified atom stereocenters. The van der Waals surface area contributed by atoms with Crippen molar-refractivity contribution in [3.8, 4) is 11.5 Å². The van der Waals surface area contributed by atoms with Crippen molar-refractivity contribution in [3.63, 3.8) is 0 Å². The molecule has 5 nitrogen and oxygen atoms in total. The molecule has 0 aromatic heterocycles. The zero-order valence-corrected chi connectivity index (χ0v) is 18.1. The van der Waals surface area contributed by atoms with Crippen molar-refractivity contribution in [2.24, 2.45) is 4.99 Å². The third-order valence-corrected chi connectivity index (χ3v) is 5.49. The fraction of sp³-hybridized carbons (Fsp3) is 0.304. The SMILES string of the molecule is CCCOc1ccc(/C=C2/SC(=Nc3ccccc3C)N(CC)C2=O)cc1OC. The summed E-state index contributed by atoms with van der Waals surface area (Å²) in [5, 5.41) is 0.702. The first kappa shape index (κ1) is 21.0. The molecule has 0 saturated carbocycles. The number of carbonyl (C=O) groups is 1. The van der Waals surface area contributed by atoms with Crippen LogP contribution in [-0.2, 0) is 4.79 Å². The molecule has 0 spiro atoms. The molecular formula is C23H26N2O3S. The first-order valence-electron chi connectivity index (χ1n) is 9.74.